The lowest BCUT2D eigenvalue weighted by Crippen LogP contribution is -2.47. The Balaban J connectivity index is 2.15. The zero-order valence-electron chi connectivity index (χ0n) is 8.59. The van der Waals surface area contributed by atoms with E-state index < -0.39 is 18.8 Å². The normalized spacial score (nSPS) is 18.8. The first-order valence-electron chi connectivity index (χ1n) is 4.87. The fourth-order valence-corrected chi connectivity index (χ4v) is 1.46. The van der Waals surface area contributed by atoms with Crippen LogP contribution in [-0.4, -0.2) is 42.8 Å². The van der Waals surface area contributed by atoms with Crippen LogP contribution in [0.4, 0.5) is 18.0 Å². The summed E-state index contributed by atoms with van der Waals surface area (Å²) >= 11 is 0. The van der Waals surface area contributed by atoms with Crippen molar-refractivity contribution >= 4 is 6.03 Å². The second-order valence-electron chi connectivity index (χ2n) is 3.62. The van der Waals surface area contributed by atoms with Gasteiger partial charge in [0.25, 0.3) is 0 Å². The second kappa shape index (κ2) is 5.35. The van der Waals surface area contributed by atoms with Gasteiger partial charge in [-0.3, -0.25) is 4.84 Å². The summed E-state index contributed by atoms with van der Waals surface area (Å²) < 4.78 is 35.2. The summed E-state index contributed by atoms with van der Waals surface area (Å²) in [7, 11) is 0. The van der Waals surface area contributed by atoms with Crippen molar-refractivity contribution in [3.63, 3.8) is 0 Å². The van der Waals surface area contributed by atoms with Gasteiger partial charge in [-0.2, -0.15) is 18.7 Å². The molecular weight excluding hydrogens is 227 g/mol. The van der Waals surface area contributed by atoms with E-state index in [-0.39, 0.29) is 6.04 Å². The van der Waals surface area contributed by atoms with Gasteiger partial charge in [0.1, 0.15) is 0 Å². The number of likely N-dealkylation sites (tertiary alicyclic amines) is 1. The van der Waals surface area contributed by atoms with Crippen LogP contribution in [0.2, 0.25) is 0 Å². The predicted molar refractivity (Wildman–Crippen MR) is 49.3 cm³/mol. The molecule has 3 N–H and O–H groups in total. The van der Waals surface area contributed by atoms with E-state index in [0.29, 0.717) is 25.9 Å². The summed E-state index contributed by atoms with van der Waals surface area (Å²) in [5, 5.41) is 0. The average Bonchev–Trinajstić information content (AvgIpc) is 2.16. The quantitative estimate of drug-likeness (QED) is 0.711. The number of primary amides is 1. The Morgan fingerprint density at radius 1 is 1.44 bits per heavy atom. The molecule has 0 aromatic rings. The number of piperidine rings is 1. The van der Waals surface area contributed by atoms with Gasteiger partial charge >= 0.3 is 12.2 Å². The molecule has 1 fully saturated rings. The Morgan fingerprint density at radius 3 is 2.44 bits per heavy atom. The molecule has 0 spiro atoms. The molecule has 16 heavy (non-hydrogen) atoms. The van der Waals surface area contributed by atoms with Crippen LogP contribution in [0.1, 0.15) is 12.8 Å². The van der Waals surface area contributed by atoms with E-state index in [1.165, 1.54) is 4.90 Å². The van der Waals surface area contributed by atoms with Crippen molar-refractivity contribution in [1.82, 2.24) is 10.4 Å². The molecule has 1 heterocycles. The third kappa shape index (κ3) is 4.67. The molecular formula is C8H14F3N3O2. The molecule has 1 aliphatic rings. The van der Waals surface area contributed by atoms with Crippen molar-refractivity contribution in [1.29, 1.82) is 0 Å². The highest BCUT2D eigenvalue weighted by atomic mass is 19.4. The van der Waals surface area contributed by atoms with Gasteiger partial charge in [-0.25, -0.2) is 4.79 Å². The summed E-state index contributed by atoms with van der Waals surface area (Å²) in [6.07, 6.45) is -3.28. The minimum absolute atomic E-state index is 0.169. The number of nitrogens with one attached hydrogen (secondary N) is 1. The van der Waals surface area contributed by atoms with Crippen LogP contribution in [0.15, 0.2) is 0 Å². The largest absolute Gasteiger partial charge is 0.413 e. The van der Waals surface area contributed by atoms with E-state index in [0.717, 1.165) is 0 Å². The highest BCUT2D eigenvalue weighted by molar-refractivity contribution is 5.72. The van der Waals surface area contributed by atoms with Gasteiger partial charge in [-0.1, -0.05) is 0 Å². The highest BCUT2D eigenvalue weighted by Crippen LogP contribution is 2.15. The van der Waals surface area contributed by atoms with Gasteiger partial charge in [-0.15, -0.1) is 0 Å². The molecule has 8 heteroatoms. The maximum atomic E-state index is 11.7. The third-order valence-corrected chi connectivity index (χ3v) is 2.29. The fourth-order valence-electron chi connectivity index (χ4n) is 1.46. The number of carbonyl (C=O) groups is 1. The van der Waals surface area contributed by atoms with Crippen molar-refractivity contribution in [2.75, 3.05) is 19.7 Å². The van der Waals surface area contributed by atoms with E-state index in [9.17, 15) is 18.0 Å². The lowest BCUT2D eigenvalue weighted by atomic mass is 10.1. The number of hydrogen-bond donors (Lipinski definition) is 2. The molecule has 2 amide bonds. The monoisotopic (exact) mass is 241 g/mol. The van der Waals surface area contributed by atoms with Crippen LogP contribution in [0.25, 0.3) is 0 Å². The molecule has 0 aromatic carbocycles. The van der Waals surface area contributed by atoms with Crippen LogP contribution in [-0.2, 0) is 4.84 Å². The van der Waals surface area contributed by atoms with Crippen LogP contribution in [0, 0.1) is 0 Å². The first-order valence-corrected chi connectivity index (χ1v) is 4.87. The Labute approximate surface area is 90.7 Å². The number of rotatable bonds is 3. The molecule has 0 unspecified atom stereocenters. The molecule has 5 nitrogen and oxygen atoms in total. The Bertz CT molecular complexity index is 239. The number of urea groups is 1. The minimum Gasteiger partial charge on any atom is -0.351 e. The molecule has 0 aromatic heterocycles. The lowest BCUT2D eigenvalue weighted by molar-refractivity contribution is -0.193. The predicted octanol–water partition coefficient (Wildman–Crippen LogP) is 0.613. The SMILES string of the molecule is NC(=O)N1CCC(NOCC(F)(F)F)CC1. The van der Waals surface area contributed by atoms with Crippen LogP contribution >= 0.6 is 0 Å². The van der Waals surface area contributed by atoms with Crippen LogP contribution in [0.3, 0.4) is 0 Å². The topological polar surface area (TPSA) is 67.6 Å². The molecule has 0 atom stereocenters. The molecule has 94 valence electrons. The molecule has 0 saturated carbocycles. The molecule has 0 aliphatic carbocycles. The van der Waals surface area contributed by atoms with Gasteiger partial charge in [-0.05, 0) is 12.8 Å². The van der Waals surface area contributed by atoms with Crippen molar-refractivity contribution in [2.45, 2.75) is 25.1 Å². The zero-order chi connectivity index (χ0) is 12.2. The van der Waals surface area contributed by atoms with E-state index in [1.54, 1.807) is 0 Å². The summed E-state index contributed by atoms with van der Waals surface area (Å²) in [5.41, 5.74) is 7.40. The number of halogens is 3. The molecule has 0 radical (unpaired) electrons. The average molecular weight is 241 g/mol. The van der Waals surface area contributed by atoms with Crippen molar-refractivity contribution in [3.05, 3.63) is 0 Å². The number of hydrogen-bond acceptors (Lipinski definition) is 3. The van der Waals surface area contributed by atoms with E-state index >= 15 is 0 Å². The van der Waals surface area contributed by atoms with Gasteiger partial charge in [0.15, 0.2) is 6.61 Å². The van der Waals surface area contributed by atoms with E-state index in [2.05, 4.69) is 10.3 Å². The molecule has 1 rings (SSSR count). The first kappa shape index (κ1) is 13.0. The Hall–Kier alpha value is -1.02. The van der Waals surface area contributed by atoms with Gasteiger partial charge < -0.3 is 10.6 Å². The summed E-state index contributed by atoms with van der Waals surface area (Å²) in [6, 6.07) is -0.674. The van der Waals surface area contributed by atoms with Gasteiger partial charge in [0, 0.05) is 19.1 Å². The summed E-state index contributed by atoms with van der Waals surface area (Å²) in [4.78, 5) is 16.5. The van der Waals surface area contributed by atoms with E-state index in [1.807, 2.05) is 0 Å². The number of nitrogens with zero attached hydrogens (tertiary/aromatic N) is 1. The summed E-state index contributed by atoms with van der Waals surface area (Å²) in [5.74, 6) is 0. The van der Waals surface area contributed by atoms with Crippen molar-refractivity contribution < 1.29 is 22.8 Å². The van der Waals surface area contributed by atoms with Crippen LogP contribution < -0.4 is 11.2 Å². The zero-order valence-corrected chi connectivity index (χ0v) is 8.59. The third-order valence-electron chi connectivity index (χ3n) is 2.29. The first-order chi connectivity index (χ1) is 7.38. The number of nitrogens with two attached hydrogens (primary N) is 1. The minimum atomic E-state index is -4.33. The number of hydroxylamine groups is 1. The van der Waals surface area contributed by atoms with Crippen molar-refractivity contribution in [3.8, 4) is 0 Å². The second-order valence-corrected chi connectivity index (χ2v) is 3.62. The lowest BCUT2D eigenvalue weighted by Gasteiger charge is -2.30. The highest BCUT2D eigenvalue weighted by Gasteiger charge is 2.29. The standard InChI is InChI=1S/C8H14F3N3O2/c9-8(10,11)5-16-13-6-1-3-14(4-2-6)7(12)15/h6,13H,1-5H2,(H2,12,15). The molecule has 1 aliphatic heterocycles. The van der Waals surface area contributed by atoms with Gasteiger partial charge in [0.2, 0.25) is 0 Å². The Morgan fingerprint density at radius 2 is 2.00 bits per heavy atom. The fraction of sp³-hybridized carbons (Fsp3) is 0.875. The Kier molecular flexibility index (Phi) is 4.36. The summed E-state index contributed by atoms with van der Waals surface area (Å²) in [6.45, 7) is -0.451. The number of carbonyl (C=O) groups excluding carboxylic acids is 1. The van der Waals surface area contributed by atoms with Crippen molar-refractivity contribution in [2.24, 2.45) is 5.73 Å². The molecule has 1 saturated heterocycles. The van der Waals surface area contributed by atoms with E-state index in [4.69, 9.17) is 5.73 Å². The smallest absolute Gasteiger partial charge is 0.351 e. The number of alkyl halides is 3. The van der Waals surface area contributed by atoms with Gasteiger partial charge in [0.05, 0.1) is 0 Å². The molecule has 0 bridgehead atoms. The maximum absolute atomic E-state index is 11.7. The van der Waals surface area contributed by atoms with Crippen LogP contribution in [0.5, 0.6) is 0 Å². The number of amides is 2. The maximum Gasteiger partial charge on any atom is 0.413 e.